The number of carbonyl (C=O) groups is 1. The molecule has 22 heavy (non-hydrogen) atoms. The van der Waals surface area contributed by atoms with Crippen LogP contribution < -0.4 is 5.73 Å². The molecule has 0 radical (unpaired) electrons. The van der Waals surface area contributed by atoms with Gasteiger partial charge in [-0.1, -0.05) is 43.7 Å². The molecule has 1 aromatic rings. The third kappa shape index (κ3) is 2.91. The number of benzene rings is 1. The molecule has 1 saturated heterocycles. The van der Waals surface area contributed by atoms with Crippen molar-refractivity contribution in [2.45, 2.75) is 44.4 Å². The van der Waals surface area contributed by atoms with Crippen LogP contribution in [-0.4, -0.2) is 30.4 Å². The van der Waals surface area contributed by atoms with Gasteiger partial charge in [0.05, 0.1) is 0 Å². The van der Waals surface area contributed by atoms with Crippen LogP contribution in [0.15, 0.2) is 30.3 Å². The van der Waals surface area contributed by atoms with Gasteiger partial charge in [0, 0.05) is 24.4 Å². The fourth-order valence-electron chi connectivity index (χ4n) is 4.38. The average molecular weight is 300 g/mol. The van der Waals surface area contributed by atoms with Crippen molar-refractivity contribution in [1.29, 1.82) is 0 Å². The van der Waals surface area contributed by atoms with Crippen LogP contribution in [0.1, 0.15) is 44.6 Å². The SMILES string of the molecule is CC1(c2ccccc2)CCCN(C(=O)[C@@H]2CCC[C@@H]2CN)C1. The number of carbonyl (C=O) groups excluding carboxylic acids is 1. The highest BCUT2D eigenvalue weighted by atomic mass is 16.2. The van der Waals surface area contributed by atoms with Crippen molar-refractivity contribution in [1.82, 2.24) is 4.90 Å². The van der Waals surface area contributed by atoms with Gasteiger partial charge in [0.25, 0.3) is 0 Å². The maximum absolute atomic E-state index is 13.0. The van der Waals surface area contributed by atoms with Gasteiger partial charge >= 0.3 is 0 Å². The molecule has 2 N–H and O–H groups in total. The van der Waals surface area contributed by atoms with E-state index in [1.54, 1.807) is 0 Å². The molecular weight excluding hydrogens is 272 g/mol. The lowest BCUT2D eigenvalue weighted by atomic mass is 9.75. The van der Waals surface area contributed by atoms with Crippen molar-refractivity contribution >= 4 is 5.91 Å². The molecule has 3 nitrogen and oxygen atoms in total. The molecule has 1 aromatic carbocycles. The van der Waals surface area contributed by atoms with Crippen LogP contribution in [0.25, 0.3) is 0 Å². The van der Waals surface area contributed by atoms with Crippen molar-refractivity contribution in [3.63, 3.8) is 0 Å². The number of piperidine rings is 1. The van der Waals surface area contributed by atoms with E-state index in [2.05, 4.69) is 42.2 Å². The molecule has 2 fully saturated rings. The summed E-state index contributed by atoms with van der Waals surface area (Å²) in [4.78, 5) is 15.1. The maximum atomic E-state index is 13.0. The van der Waals surface area contributed by atoms with Crippen molar-refractivity contribution in [3.8, 4) is 0 Å². The Morgan fingerprint density at radius 3 is 2.77 bits per heavy atom. The number of amides is 1. The van der Waals surface area contributed by atoms with Crippen molar-refractivity contribution in [3.05, 3.63) is 35.9 Å². The molecule has 3 atom stereocenters. The molecule has 1 aliphatic heterocycles. The molecule has 120 valence electrons. The Bertz CT molecular complexity index is 515. The van der Waals surface area contributed by atoms with E-state index in [4.69, 9.17) is 5.73 Å². The molecule has 3 rings (SSSR count). The van der Waals surface area contributed by atoms with Crippen molar-refractivity contribution in [2.24, 2.45) is 17.6 Å². The normalized spacial score (nSPS) is 32.2. The number of likely N-dealkylation sites (tertiary alicyclic amines) is 1. The zero-order valence-electron chi connectivity index (χ0n) is 13.6. The van der Waals surface area contributed by atoms with Gasteiger partial charge < -0.3 is 10.6 Å². The second-order valence-electron chi connectivity index (χ2n) is 7.32. The lowest BCUT2D eigenvalue weighted by Gasteiger charge is -2.42. The van der Waals surface area contributed by atoms with E-state index in [1.165, 1.54) is 5.56 Å². The van der Waals surface area contributed by atoms with Crippen LogP contribution in [-0.2, 0) is 10.2 Å². The molecule has 1 aliphatic carbocycles. The summed E-state index contributed by atoms with van der Waals surface area (Å²) < 4.78 is 0. The number of nitrogens with two attached hydrogens (primary N) is 1. The Morgan fingerprint density at radius 1 is 1.27 bits per heavy atom. The lowest BCUT2D eigenvalue weighted by Crippen LogP contribution is -2.49. The number of nitrogens with zero attached hydrogens (tertiary/aromatic N) is 1. The summed E-state index contributed by atoms with van der Waals surface area (Å²) in [7, 11) is 0. The molecule has 2 aliphatic rings. The van der Waals surface area contributed by atoms with Gasteiger partial charge in [0.2, 0.25) is 5.91 Å². The van der Waals surface area contributed by atoms with Gasteiger partial charge in [-0.15, -0.1) is 0 Å². The molecular formula is C19H28N2O. The van der Waals surface area contributed by atoms with Crippen LogP contribution in [0, 0.1) is 11.8 Å². The molecule has 1 heterocycles. The summed E-state index contributed by atoms with van der Waals surface area (Å²) in [6.45, 7) is 4.72. The Hall–Kier alpha value is -1.35. The topological polar surface area (TPSA) is 46.3 Å². The van der Waals surface area contributed by atoms with Gasteiger partial charge in [-0.05, 0) is 43.7 Å². The summed E-state index contributed by atoms with van der Waals surface area (Å²) in [5.41, 5.74) is 7.31. The molecule has 3 heteroatoms. The number of rotatable bonds is 3. The minimum absolute atomic E-state index is 0.0893. The largest absolute Gasteiger partial charge is 0.342 e. The molecule has 0 bridgehead atoms. The van der Waals surface area contributed by atoms with Crippen molar-refractivity contribution < 1.29 is 4.79 Å². The summed E-state index contributed by atoms with van der Waals surface area (Å²) in [5, 5.41) is 0. The van der Waals surface area contributed by atoms with E-state index in [-0.39, 0.29) is 11.3 Å². The van der Waals surface area contributed by atoms with Crippen LogP contribution in [0.2, 0.25) is 0 Å². The Balaban J connectivity index is 1.74. The Morgan fingerprint density at radius 2 is 2.05 bits per heavy atom. The fourth-order valence-corrected chi connectivity index (χ4v) is 4.38. The first-order valence-corrected chi connectivity index (χ1v) is 8.68. The summed E-state index contributed by atoms with van der Waals surface area (Å²) in [5.74, 6) is 0.926. The first-order valence-electron chi connectivity index (χ1n) is 8.68. The third-order valence-electron chi connectivity index (χ3n) is 5.76. The van der Waals surface area contributed by atoms with Crippen LogP contribution in [0.5, 0.6) is 0 Å². The monoisotopic (exact) mass is 300 g/mol. The molecule has 0 spiro atoms. The van der Waals surface area contributed by atoms with Gasteiger partial charge in [-0.2, -0.15) is 0 Å². The lowest BCUT2D eigenvalue weighted by molar-refractivity contribution is -0.138. The highest BCUT2D eigenvalue weighted by Gasteiger charge is 2.39. The minimum Gasteiger partial charge on any atom is -0.342 e. The fraction of sp³-hybridized carbons (Fsp3) is 0.632. The maximum Gasteiger partial charge on any atom is 0.226 e. The van der Waals surface area contributed by atoms with E-state index < -0.39 is 0 Å². The van der Waals surface area contributed by atoms with Crippen molar-refractivity contribution in [2.75, 3.05) is 19.6 Å². The summed E-state index contributed by atoms with van der Waals surface area (Å²) in [6, 6.07) is 10.7. The number of hydrogen-bond acceptors (Lipinski definition) is 2. The molecule has 0 aromatic heterocycles. The van der Waals surface area contributed by atoms with E-state index in [0.29, 0.717) is 18.4 Å². The van der Waals surface area contributed by atoms with E-state index in [1.807, 2.05) is 0 Å². The van der Waals surface area contributed by atoms with E-state index in [9.17, 15) is 4.79 Å². The van der Waals surface area contributed by atoms with Crippen LogP contribution in [0.3, 0.4) is 0 Å². The average Bonchev–Trinajstić information content (AvgIpc) is 3.03. The Kier molecular flexibility index (Phi) is 4.53. The molecule has 1 unspecified atom stereocenters. The predicted octanol–water partition coefficient (Wildman–Crippen LogP) is 2.94. The quantitative estimate of drug-likeness (QED) is 0.933. The first kappa shape index (κ1) is 15.5. The molecule has 1 saturated carbocycles. The second-order valence-corrected chi connectivity index (χ2v) is 7.32. The third-order valence-corrected chi connectivity index (χ3v) is 5.76. The molecule has 1 amide bonds. The van der Waals surface area contributed by atoms with E-state index >= 15 is 0 Å². The van der Waals surface area contributed by atoms with Gasteiger partial charge in [0.15, 0.2) is 0 Å². The summed E-state index contributed by atoms with van der Waals surface area (Å²) >= 11 is 0. The zero-order chi connectivity index (χ0) is 15.6. The smallest absolute Gasteiger partial charge is 0.226 e. The number of hydrogen-bond donors (Lipinski definition) is 1. The highest BCUT2D eigenvalue weighted by molar-refractivity contribution is 5.79. The van der Waals surface area contributed by atoms with Gasteiger partial charge in [-0.3, -0.25) is 4.79 Å². The minimum atomic E-state index is 0.0893. The standard InChI is InChI=1S/C19H28N2O/c1-19(16-8-3-2-4-9-16)11-6-12-21(14-19)18(22)17-10-5-7-15(17)13-20/h2-4,8-9,15,17H,5-7,10-14,20H2,1H3/t15-,17-,19?/m1/s1. The van der Waals surface area contributed by atoms with Crippen LogP contribution in [0.4, 0.5) is 0 Å². The van der Waals surface area contributed by atoms with E-state index in [0.717, 1.165) is 45.2 Å². The predicted molar refractivity (Wildman–Crippen MR) is 89.5 cm³/mol. The first-order chi connectivity index (χ1) is 10.6. The summed E-state index contributed by atoms with van der Waals surface area (Å²) in [6.07, 6.45) is 5.56. The Labute approximate surface area is 133 Å². The van der Waals surface area contributed by atoms with Gasteiger partial charge in [-0.25, -0.2) is 0 Å². The highest BCUT2D eigenvalue weighted by Crippen LogP contribution is 2.37. The van der Waals surface area contributed by atoms with Gasteiger partial charge in [0.1, 0.15) is 0 Å². The zero-order valence-corrected chi connectivity index (χ0v) is 13.6. The second kappa shape index (κ2) is 6.41. The van der Waals surface area contributed by atoms with Crippen LogP contribution >= 0.6 is 0 Å².